The zero-order chi connectivity index (χ0) is 35.1. The van der Waals surface area contributed by atoms with E-state index in [4.69, 9.17) is 15.6 Å². The molecule has 1 aliphatic heterocycles. The van der Waals surface area contributed by atoms with Gasteiger partial charge in [0.15, 0.2) is 0 Å². The largest absolute Gasteiger partial charge is 0.456 e. The van der Waals surface area contributed by atoms with E-state index < -0.39 is 31.0 Å². The zero-order valence-electron chi connectivity index (χ0n) is 27.7. The molecule has 2 N–H and O–H groups in total. The van der Waals surface area contributed by atoms with Crippen LogP contribution in [0.25, 0.3) is 33.4 Å². The van der Waals surface area contributed by atoms with Gasteiger partial charge in [0.2, 0.25) is 15.4 Å². The highest BCUT2D eigenvalue weighted by Crippen LogP contribution is 2.43. The van der Waals surface area contributed by atoms with Crippen molar-refractivity contribution in [3.05, 3.63) is 60.0 Å². The van der Waals surface area contributed by atoms with Gasteiger partial charge in [-0.3, -0.25) is 4.55 Å². The number of hydrogen-bond donors (Lipinski definition) is 2. The zero-order valence-corrected chi connectivity index (χ0v) is 29.3. The number of esters is 1. The van der Waals surface area contributed by atoms with Crippen molar-refractivity contribution in [1.82, 2.24) is 9.30 Å². The normalized spacial score (nSPS) is 11.8. The standard InChI is InChI=1S/C35H41N3O8S2/c1-6-34(39)45-21-13-11-12-20-36-47(40,41)27-16-19-30(33(24-27)48(42,43)44)35-28-17-14-25(37(7-2)8-3)22-31(28)46-32-23-26(15-18-29(32)35)38(9-4)10-5/h1,14-19,22-24,36H,7-13,20-21H2,2-5H3/p+1. The van der Waals surface area contributed by atoms with E-state index in [0.29, 0.717) is 47.1 Å². The van der Waals surface area contributed by atoms with Gasteiger partial charge in [-0.05, 0) is 77.3 Å². The second-order valence-electron chi connectivity index (χ2n) is 11.1. The SMILES string of the molecule is C#CC(=O)OCCCCCNS(=O)(=O)c1ccc(-c2c3ccc(=[N+](CC)CC)cc-3oc3cc(N(CC)CC)ccc23)c(S(=O)(=O)O)c1. The number of nitrogens with one attached hydrogen (secondary N) is 1. The van der Waals surface area contributed by atoms with E-state index in [-0.39, 0.29) is 23.6 Å². The highest BCUT2D eigenvalue weighted by molar-refractivity contribution is 7.89. The van der Waals surface area contributed by atoms with Gasteiger partial charge in [0.1, 0.15) is 29.3 Å². The fourth-order valence-electron chi connectivity index (χ4n) is 5.72. The highest BCUT2D eigenvalue weighted by atomic mass is 32.2. The minimum absolute atomic E-state index is 0.0631. The van der Waals surface area contributed by atoms with Gasteiger partial charge in [-0.1, -0.05) is 6.07 Å². The Kier molecular flexibility index (Phi) is 12.0. The Morgan fingerprint density at radius 1 is 0.938 bits per heavy atom. The van der Waals surface area contributed by atoms with Gasteiger partial charge in [0, 0.05) is 65.5 Å². The maximum Gasteiger partial charge on any atom is 0.384 e. The number of carbonyl (C=O) groups is 1. The van der Waals surface area contributed by atoms with Gasteiger partial charge < -0.3 is 14.1 Å². The van der Waals surface area contributed by atoms with Crippen LogP contribution in [0.15, 0.2) is 68.8 Å². The molecule has 0 aromatic heterocycles. The van der Waals surface area contributed by atoms with Crippen molar-refractivity contribution in [3.8, 4) is 34.8 Å². The number of hydrogen-bond acceptors (Lipinski definition) is 8. The van der Waals surface area contributed by atoms with Gasteiger partial charge in [0.25, 0.3) is 10.1 Å². The van der Waals surface area contributed by atoms with E-state index in [2.05, 4.69) is 41.9 Å². The lowest BCUT2D eigenvalue weighted by atomic mass is 9.93. The molecule has 2 aromatic carbocycles. The summed E-state index contributed by atoms with van der Waals surface area (Å²) in [5, 5.41) is 1.53. The quantitative estimate of drug-likeness (QED) is 0.0343. The molecule has 256 valence electrons. The first-order valence-electron chi connectivity index (χ1n) is 16.0. The summed E-state index contributed by atoms with van der Waals surface area (Å²) in [5.74, 6) is 1.60. The maximum absolute atomic E-state index is 13.2. The molecule has 13 heteroatoms. The Morgan fingerprint density at radius 2 is 1.65 bits per heavy atom. The van der Waals surface area contributed by atoms with Gasteiger partial charge in [-0.2, -0.15) is 8.42 Å². The van der Waals surface area contributed by atoms with Crippen molar-refractivity contribution in [3.63, 3.8) is 0 Å². The van der Waals surface area contributed by atoms with Gasteiger partial charge in [0.05, 0.1) is 17.6 Å². The Labute approximate surface area is 282 Å². The van der Waals surface area contributed by atoms with Crippen molar-refractivity contribution < 1.29 is 35.3 Å². The van der Waals surface area contributed by atoms with Crippen molar-refractivity contribution in [2.45, 2.75) is 56.7 Å². The van der Waals surface area contributed by atoms with Gasteiger partial charge in [-0.15, -0.1) is 6.42 Å². The molecule has 0 amide bonds. The fourth-order valence-corrected chi connectivity index (χ4v) is 7.62. The van der Waals surface area contributed by atoms with E-state index in [9.17, 15) is 26.2 Å². The molecule has 0 spiro atoms. The topological polar surface area (TPSA) is 146 Å². The number of terminal acetylenes is 1. The summed E-state index contributed by atoms with van der Waals surface area (Å²) in [7, 11) is -9.05. The highest BCUT2D eigenvalue weighted by Gasteiger charge is 2.27. The minimum atomic E-state index is -4.90. The summed E-state index contributed by atoms with van der Waals surface area (Å²) in [6.45, 7) is 11.5. The van der Waals surface area contributed by atoms with Crippen LogP contribution in [0.4, 0.5) is 5.69 Å². The lowest BCUT2D eigenvalue weighted by Crippen LogP contribution is -2.29. The first-order chi connectivity index (χ1) is 22.9. The Morgan fingerprint density at radius 3 is 2.29 bits per heavy atom. The van der Waals surface area contributed by atoms with Crippen LogP contribution >= 0.6 is 0 Å². The summed E-state index contributed by atoms with van der Waals surface area (Å²) in [6, 6.07) is 15.1. The molecule has 1 aliphatic carbocycles. The summed E-state index contributed by atoms with van der Waals surface area (Å²) in [6.07, 6.45) is 6.44. The van der Waals surface area contributed by atoms with Gasteiger partial charge in [-0.25, -0.2) is 22.5 Å². The molecule has 0 radical (unpaired) electrons. The summed E-state index contributed by atoms with van der Waals surface area (Å²) >= 11 is 0. The lowest BCUT2D eigenvalue weighted by Gasteiger charge is -2.22. The second-order valence-corrected chi connectivity index (χ2v) is 14.2. The Balaban J connectivity index is 1.83. The molecule has 1 heterocycles. The Hall–Kier alpha value is -4.22. The first-order valence-corrected chi connectivity index (χ1v) is 18.9. The number of anilines is 1. The summed E-state index contributed by atoms with van der Waals surface area (Å²) in [5.41, 5.74) is 2.65. The lowest BCUT2D eigenvalue weighted by molar-refractivity contribution is -0.136. The maximum atomic E-state index is 13.2. The van der Waals surface area contributed by atoms with E-state index in [0.717, 1.165) is 43.3 Å². The van der Waals surface area contributed by atoms with E-state index >= 15 is 0 Å². The minimum Gasteiger partial charge on any atom is -0.456 e. The molecule has 0 bridgehead atoms. The summed E-state index contributed by atoms with van der Waals surface area (Å²) < 4.78 is 78.6. The van der Waals surface area contributed by atoms with E-state index in [1.54, 1.807) is 0 Å². The number of unbranched alkanes of at least 4 members (excludes halogenated alkanes) is 2. The van der Waals surface area contributed by atoms with E-state index in [1.165, 1.54) is 12.1 Å². The molecule has 0 saturated heterocycles. The molecule has 11 nitrogen and oxygen atoms in total. The average molecular weight is 697 g/mol. The summed E-state index contributed by atoms with van der Waals surface area (Å²) in [4.78, 5) is 12.3. The second kappa shape index (κ2) is 15.8. The predicted octanol–water partition coefficient (Wildman–Crippen LogP) is 4.73. The molecule has 0 saturated carbocycles. The molecule has 2 aromatic rings. The van der Waals surface area contributed by atoms with Crippen LogP contribution in [0.5, 0.6) is 0 Å². The molecule has 48 heavy (non-hydrogen) atoms. The number of sulfonamides is 1. The van der Waals surface area contributed by atoms with Crippen LogP contribution in [0.1, 0.15) is 47.0 Å². The predicted molar refractivity (Wildman–Crippen MR) is 187 cm³/mol. The van der Waals surface area contributed by atoms with Crippen molar-refractivity contribution in [2.24, 2.45) is 0 Å². The van der Waals surface area contributed by atoms with Crippen molar-refractivity contribution in [1.29, 1.82) is 0 Å². The number of ether oxygens (including phenoxy) is 1. The molecular formula is C35H42N3O8S2+. The van der Waals surface area contributed by atoms with Gasteiger partial charge >= 0.3 is 5.97 Å². The fraction of sp³-hybridized carbons (Fsp3) is 0.371. The van der Waals surface area contributed by atoms with Crippen LogP contribution in [-0.4, -0.2) is 66.7 Å². The van der Waals surface area contributed by atoms with E-state index in [1.807, 2.05) is 42.3 Å². The molecule has 0 fully saturated rings. The number of benzene rings is 3. The van der Waals surface area contributed by atoms with Crippen LogP contribution in [0.3, 0.4) is 0 Å². The molecular weight excluding hydrogens is 655 g/mol. The number of rotatable bonds is 15. The molecule has 2 aliphatic rings. The first kappa shape index (κ1) is 36.6. The smallest absolute Gasteiger partial charge is 0.384 e. The van der Waals surface area contributed by atoms with Crippen LogP contribution in [0, 0.1) is 12.3 Å². The Bertz CT molecular complexity index is 2090. The third-order valence-electron chi connectivity index (χ3n) is 8.22. The third kappa shape index (κ3) is 8.25. The van der Waals surface area contributed by atoms with Crippen LogP contribution in [-0.2, 0) is 29.7 Å². The third-order valence-corrected chi connectivity index (χ3v) is 10.6. The molecule has 4 rings (SSSR count). The van der Waals surface area contributed by atoms with Crippen LogP contribution < -0.4 is 19.6 Å². The van der Waals surface area contributed by atoms with Crippen molar-refractivity contribution >= 4 is 42.8 Å². The number of fused-ring (bicyclic) bond motifs is 2. The number of carbonyl (C=O) groups excluding carboxylic acids is 1. The average Bonchev–Trinajstić information content (AvgIpc) is 3.07. The number of nitrogens with zero attached hydrogens (tertiary/aromatic N) is 2. The van der Waals surface area contributed by atoms with Crippen molar-refractivity contribution in [2.75, 3.05) is 44.2 Å². The molecule has 0 atom stereocenters. The monoisotopic (exact) mass is 696 g/mol. The molecule has 0 unspecified atom stereocenters. The van der Waals surface area contributed by atoms with Crippen LogP contribution in [0.2, 0.25) is 0 Å².